The average molecular weight is 266 g/mol. The van der Waals surface area contributed by atoms with Crippen molar-refractivity contribution >= 4 is 11.7 Å². The highest BCUT2D eigenvalue weighted by Gasteiger charge is 2.67. The van der Waals surface area contributed by atoms with Gasteiger partial charge in [0.15, 0.2) is 0 Å². The van der Waals surface area contributed by atoms with Gasteiger partial charge in [-0.3, -0.25) is 9.79 Å². The van der Waals surface area contributed by atoms with Crippen molar-refractivity contribution in [3.63, 3.8) is 0 Å². The van der Waals surface area contributed by atoms with Crippen LogP contribution in [-0.2, 0) is 4.79 Å². The Morgan fingerprint density at radius 3 is 2.67 bits per heavy atom. The van der Waals surface area contributed by atoms with Crippen molar-refractivity contribution < 1.29 is 27.5 Å². The summed E-state index contributed by atoms with van der Waals surface area (Å²) in [7, 11) is 0. The van der Waals surface area contributed by atoms with Gasteiger partial charge in [0.1, 0.15) is 12.3 Å². The van der Waals surface area contributed by atoms with Gasteiger partial charge in [0.2, 0.25) is 0 Å². The topological polar surface area (TPSA) is 75.7 Å². The maximum Gasteiger partial charge on any atom is 0.325 e. The Hall–Kier alpha value is -1.60. The molecule has 2 fully saturated rings. The van der Waals surface area contributed by atoms with Crippen LogP contribution in [0.4, 0.5) is 17.6 Å². The third kappa shape index (κ3) is 1.85. The summed E-state index contributed by atoms with van der Waals surface area (Å²) >= 11 is 0. The average Bonchev–Trinajstić information content (AvgIpc) is 2.98. The van der Waals surface area contributed by atoms with Gasteiger partial charge >= 0.3 is 5.97 Å². The summed E-state index contributed by atoms with van der Waals surface area (Å²) in [6.45, 7) is -0.885. The minimum absolute atomic E-state index is 0.0852. The van der Waals surface area contributed by atoms with Crippen molar-refractivity contribution in [2.24, 2.45) is 22.6 Å². The Kier molecular flexibility index (Phi) is 2.83. The molecule has 8 heteroatoms. The number of hydrogen-bond acceptors (Lipinski definition) is 3. The zero-order valence-corrected chi connectivity index (χ0v) is 9.04. The highest BCUT2D eigenvalue weighted by atomic mass is 19.3. The number of carboxylic acid groups (broad SMARTS) is 1. The molecule has 0 amide bonds. The molecule has 100 valence electrons. The Labute approximate surface area is 99.2 Å². The molecule has 2 aliphatic carbocycles. The number of nitrogens with zero attached hydrogens (tertiary/aromatic N) is 1. The highest BCUT2D eigenvalue weighted by molar-refractivity contribution is 6.10. The molecule has 18 heavy (non-hydrogen) atoms. The number of halogens is 4. The maximum atomic E-state index is 13.7. The molecule has 0 radical (unpaired) electrons. The van der Waals surface area contributed by atoms with Crippen LogP contribution in [0.3, 0.4) is 0 Å². The largest absolute Gasteiger partial charge is 0.480 e. The van der Waals surface area contributed by atoms with Crippen LogP contribution in [0.2, 0.25) is 0 Å². The fourth-order valence-corrected chi connectivity index (χ4v) is 2.25. The number of carboxylic acids is 1. The van der Waals surface area contributed by atoms with Crippen molar-refractivity contribution in [1.82, 2.24) is 0 Å². The number of aliphatic carboxylic acids is 1. The van der Waals surface area contributed by atoms with Gasteiger partial charge in [-0.1, -0.05) is 0 Å². The molecule has 2 rings (SSSR count). The van der Waals surface area contributed by atoms with Crippen LogP contribution >= 0.6 is 0 Å². The first-order valence-electron chi connectivity index (χ1n) is 5.19. The quantitative estimate of drug-likeness (QED) is 0.755. The van der Waals surface area contributed by atoms with Crippen LogP contribution in [0, 0.1) is 11.8 Å². The monoisotopic (exact) mass is 266 g/mol. The second-order valence-electron chi connectivity index (χ2n) is 4.30. The maximum absolute atomic E-state index is 13.7. The summed E-state index contributed by atoms with van der Waals surface area (Å²) in [6, 6.07) is 0. The first kappa shape index (κ1) is 12.8. The minimum Gasteiger partial charge on any atom is -0.480 e. The molecule has 0 bridgehead atoms. The van der Waals surface area contributed by atoms with Gasteiger partial charge in [0.25, 0.3) is 12.3 Å². The van der Waals surface area contributed by atoms with Gasteiger partial charge in [-0.15, -0.1) is 0 Å². The molecule has 0 aromatic carbocycles. The molecule has 4 nitrogen and oxygen atoms in total. The molecule has 0 aliphatic heterocycles. The third-order valence-corrected chi connectivity index (χ3v) is 3.12. The van der Waals surface area contributed by atoms with Crippen LogP contribution in [-0.4, -0.2) is 35.7 Å². The molecule has 2 unspecified atom stereocenters. The van der Waals surface area contributed by atoms with Crippen LogP contribution in [0.1, 0.15) is 6.42 Å². The molecular formula is C10H10F4N2O2. The first-order chi connectivity index (χ1) is 8.26. The molecule has 2 saturated carbocycles. The van der Waals surface area contributed by atoms with E-state index in [0.717, 1.165) is 0 Å². The van der Waals surface area contributed by atoms with Crippen molar-refractivity contribution in [3.8, 4) is 0 Å². The summed E-state index contributed by atoms with van der Waals surface area (Å²) in [5, 5.41) is 8.41. The fourth-order valence-electron chi connectivity index (χ4n) is 2.25. The van der Waals surface area contributed by atoms with E-state index in [9.17, 15) is 22.4 Å². The van der Waals surface area contributed by atoms with E-state index in [4.69, 9.17) is 10.8 Å². The van der Waals surface area contributed by atoms with Crippen LogP contribution in [0.5, 0.6) is 0 Å². The molecule has 0 saturated heterocycles. The summed E-state index contributed by atoms with van der Waals surface area (Å²) in [5.41, 5.74) is 2.95. The zero-order valence-electron chi connectivity index (χ0n) is 9.04. The number of carbonyl (C=O) groups is 1. The number of aliphatic imine (C=N–C) groups is 1. The van der Waals surface area contributed by atoms with Crippen LogP contribution in [0.15, 0.2) is 16.3 Å². The second-order valence-corrected chi connectivity index (χ2v) is 4.30. The van der Waals surface area contributed by atoms with E-state index in [0.29, 0.717) is 0 Å². The van der Waals surface area contributed by atoms with E-state index in [1.54, 1.807) is 0 Å². The lowest BCUT2D eigenvalue weighted by Crippen LogP contribution is -2.30. The lowest BCUT2D eigenvalue weighted by Gasteiger charge is -2.15. The summed E-state index contributed by atoms with van der Waals surface area (Å²) in [5.74, 6) is -6.57. The molecule has 0 spiro atoms. The first-order valence-corrected chi connectivity index (χ1v) is 5.19. The second kappa shape index (κ2) is 3.96. The standard InChI is InChI=1S/C10H10F4N2O2/c11-9(12)7(15)6-3-1-4(3)10(13,14)8(6)16-2-5(17)18/h3-4,9H,1-2,15H2,(H,17,18). The minimum atomic E-state index is -3.37. The fraction of sp³-hybridized carbons (Fsp3) is 0.600. The predicted molar refractivity (Wildman–Crippen MR) is 53.7 cm³/mol. The van der Waals surface area contributed by atoms with E-state index >= 15 is 0 Å². The molecule has 2 aliphatic rings. The lowest BCUT2D eigenvalue weighted by atomic mass is 10.0. The van der Waals surface area contributed by atoms with Gasteiger partial charge < -0.3 is 10.8 Å². The van der Waals surface area contributed by atoms with E-state index in [1.807, 2.05) is 0 Å². The molecule has 0 aromatic heterocycles. The number of rotatable bonds is 3. The van der Waals surface area contributed by atoms with E-state index in [1.165, 1.54) is 0 Å². The number of hydrogen-bond donors (Lipinski definition) is 2. The molecular weight excluding hydrogens is 256 g/mol. The molecule has 2 atom stereocenters. The smallest absolute Gasteiger partial charge is 0.325 e. The van der Waals surface area contributed by atoms with Crippen molar-refractivity contribution in [2.75, 3.05) is 6.54 Å². The highest BCUT2D eigenvalue weighted by Crippen LogP contribution is 2.61. The zero-order chi connectivity index (χ0) is 13.7. The SMILES string of the molecule is NC(=C1C(=NCC(=O)O)C(F)(F)C2CC12)C(F)F. The summed E-state index contributed by atoms with van der Waals surface area (Å²) < 4.78 is 52.4. The van der Waals surface area contributed by atoms with Crippen molar-refractivity contribution in [3.05, 3.63) is 11.3 Å². The third-order valence-electron chi connectivity index (χ3n) is 3.12. The van der Waals surface area contributed by atoms with Gasteiger partial charge in [-0.25, -0.2) is 8.78 Å². The summed E-state index contributed by atoms with van der Waals surface area (Å²) in [4.78, 5) is 13.6. The summed E-state index contributed by atoms with van der Waals surface area (Å²) in [6.07, 6.45) is -2.97. The van der Waals surface area contributed by atoms with Crippen LogP contribution < -0.4 is 5.73 Å². The van der Waals surface area contributed by atoms with E-state index in [2.05, 4.69) is 4.99 Å². The Morgan fingerprint density at radius 2 is 2.17 bits per heavy atom. The van der Waals surface area contributed by atoms with Gasteiger partial charge in [-0.2, -0.15) is 8.78 Å². The van der Waals surface area contributed by atoms with Gasteiger partial charge in [-0.05, 0) is 12.3 Å². The Bertz CT molecular complexity index is 459. The van der Waals surface area contributed by atoms with Gasteiger partial charge in [0.05, 0.1) is 5.70 Å². The Morgan fingerprint density at radius 1 is 1.56 bits per heavy atom. The van der Waals surface area contributed by atoms with Crippen molar-refractivity contribution in [1.29, 1.82) is 0 Å². The van der Waals surface area contributed by atoms with E-state index in [-0.39, 0.29) is 12.0 Å². The number of alkyl halides is 4. The van der Waals surface area contributed by atoms with Crippen molar-refractivity contribution in [2.45, 2.75) is 18.8 Å². The normalized spacial score (nSPS) is 33.7. The van der Waals surface area contributed by atoms with E-state index < -0.39 is 48.1 Å². The Balaban J connectivity index is 2.42. The van der Waals surface area contributed by atoms with Gasteiger partial charge in [0, 0.05) is 11.5 Å². The lowest BCUT2D eigenvalue weighted by molar-refractivity contribution is -0.135. The predicted octanol–water partition coefficient (Wildman–Crippen LogP) is 1.27. The number of nitrogens with two attached hydrogens (primary N) is 1. The molecule has 3 N–H and O–H groups in total. The molecule has 0 aromatic rings. The molecule has 0 heterocycles. The van der Waals surface area contributed by atoms with Crippen LogP contribution in [0.25, 0.3) is 0 Å². The number of allylic oxidation sites excluding steroid dienone is 2. The number of fused-ring (bicyclic) bond motifs is 1.